The number of nitro benzene ring substituents is 1. The fourth-order valence-electron chi connectivity index (χ4n) is 1.66. The molecule has 0 aliphatic heterocycles. The highest BCUT2D eigenvalue weighted by Gasteiger charge is 2.28. The molecule has 1 unspecified atom stereocenters. The van der Waals surface area contributed by atoms with Crippen LogP contribution in [0.2, 0.25) is 0 Å². The minimum absolute atomic E-state index is 0.0476. The number of hydrogen-bond acceptors (Lipinski definition) is 6. The molecule has 1 rings (SSSR count). The molecule has 8 nitrogen and oxygen atoms in total. The molecule has 1 atom stereocenters. The highest BCUT2D eigenvalue weighted by molar-refractivity contribution is 7.89. The second kappa shape index (κ2) is 7.48. The van der Waals surface area contributed by atoms with Crippen molar-refractivity contribution in [2.24, 2.45) is 0 Å². The summed E-state index contributed by atoms with van der Waals surface area (Å²) in [5.74, 6) is 0.139. The van der Waals surface area contributed by atoms with Gasteiger partial charge < -0.3 is 5.32 Å². The van der Waals surface area contributed by atoms with E-state index in [0.717, 1.165) is 0 Å². The van der Waals surface area contributed by atoms with E-state index in [4.69, 9.17) is 0 Å². The van der Waals surface area contributed by atoms with E-state index in [-0.39, 0.29) is 18.0 Å². The fraction of sp³-hybridized carbons (Fsp3) is 0.455. The van der Waals surface area contributed by atoms with Crippen LogP contribution in [0.15, 0.2) is 23.1 Å². The molecular formula is C11H17N3O5S2. The van der Waals surface area contributed by atoms with E-state index in [1.54, 1.807) is 6.92 Å². The highest BCUT2D eigenvalue weighted by atomic mass is 32.2. The van der Waals surface area contributed by atoms with E-state index in [1.165, 1.54) is 24.5 Å². The molecule has 0 heterocycles. The molecule has 1 aromatic carbocycles. The van der Waals surface area contributed by atoms with Gasteiger partial charge in [-0.1, -0.05) is 6.07 Å². The van der Waals surface area contributed by atoms with Gasteiger partial charge in [-0.15, -0.1) is 0 Å². The first-order valence-corrected chi connectivity index (χ1v) is 9.31. The van der Waals surface area contributed by atoms with Crippen molar-refractivity contribution in [3.05, 3.63) is 28.3 Å². The molecule has 0 aromatic heterocycles. The first kappa shape index (κ1) is 17.5. The monoisotopic (exact) mass is 335 g/mol. The van der Waals surface area contributed by atoms with Gasteiger partial charge in [-0.25, -0.2) is 13.1 Å². The van der Waals surface area contributed by atoms with Crippen LogP contribution in [0, 0.1) is 10.1 Å². The number of nitro groups is 1. The molecule has 0 aliphatic carbocycles. The maximum atomic E-state index is 12.2. The molecule has 0 amide bonds. The maximum absolute atomic E-state index is 12.2. The molecule has 2 N–H and O–H groups in total. The molecule has 1 aromatic rings. The van der Waals surface area contributed by atoms with Crippen LogP contribution in [-0.4, -0.2) is 42.6 Å². The molecule has 0 radical (unpaired) electrons. The van der Waals surface area contributed by atoms with Crippen LogP contribution in [-0.2, 0) is 20.8 Å². The summed E-state index contributed by atoms with van der Waals surface area (Å²) in [6.45, 7) is 2.13. The standard InChI is InChI=1S/C11H17N3O5S2/c1-3-12-9-5-4-6-10(11(9)14(15)16)21(18,19)13-7-8-20(2)17/h4-6,12-13H,3,7-8H2,1-2H3. The Labute approximate surface area is 125 Å². The van der Waals surface area contributed by atoms with Crippen molar-refractivity contribution in [3.63, 3.8) is 0 Å². The lowest BCUT2D eigenvalue weighted by Gasteiger charge is -2.10. The summed E-state index contributed by atoms with van der Waals surface area (Å²) in [4.78, 5) is 10.0. The smallest absolute Gasteiger partial charge is 0.312 e. The Morgan fingerprint density at radius 1 is 1.38 bits per heavy atom. The largest absolute Gasteiger partial charge is 0.380 e. The number of nitrogens with zero attached hydrogens (tertiary/aromatic N) is 1. The van der Waals surface area contributed by atoms with Crippen molar-refractivity contribution in [1.29, 1.82) is 0 Å². The summed E-state index contributed by atoms with van der Waals surface area (Å²) in [5.41, 5.74) is -0.353. The number of rotatable bonds is 8. The van der Waals surface area contributed by atoms with E-state index in [0.29, 0.717) is 6.54 Å². The van der Waals surface area contributed by atoms with Crippen LogP contribution in [0.3, 0.4) is 0 Å². The van der Waals surface area contributed by atoms with Crippen molar-refractivity contribution in [1.82, 2.24) is 4.72 Å². The minimum atomic E-state index is -4.04. The summed E-state index contributed by atoms with van der Waals surface area (Å²) in [7, 11) is -5.19. The number of sulfonamides is 1. The zero-order valence-corrected chi connectivity index (χ0v) is 13.3. The second-order valence-corrected chi connectivity index (χ2v) is 7.40. The predicted octanol–water partition coefficient (Wildman–Crippen LogP) is 0.683. The van der Waals surface area contributed by atoms with Gasteiger partial charge in [-0.2, -0.15) is 0 Å². The molecule has 0 saturated carbocycles. The Morgan fingerprint density at radius 3 is 2.57 bits per heavy atom. The van der Waals surface area contributed by atoms with Gasteiger partial charge in [0.25, 0.3) is 0 Å². The van der Waals surface area contributed by atoms with Gasteiger partial charge in [0.1, 0.15) is 5.69 Å². The molecule has 0 spiro atoms. The predicted molar refractivity (Wildman–Crippen MR) is 81.4 cm³/mol. The molecule has 0 saturated heterocycles. The maximum Gasteiger partial charge on any atom is 0.312 e. The van der Waals surface area contributed by atoms with Crippen molar-refractivity contribution in [2.75, 3.05) is 30.4 Å². The third kappa shape index (κ3) is 4.76. The number of hydrogen-bond donors (Lipinski definition) is 2. The molecule has 0 fully saturated rings. The number of benzene rings is 1. The van der Waals surface area contributed by atoms with E-state index in [2.05, 4.69) is 10.0 Å². The first-order valence-electron chi connectivity index (χ1n) is 6.10. The zero-order chi connectivity index (χ0) is 16.0. The zero-order valence-electron chi connectivity index (χ0n) is 11.7. The van der Waals surface area contributed by atoms with Crippen molar-refractivity contribution in [3.8, 4) is 0 Å². The van der Waals surface area contributed by atoms with E-state index in [1.807, 2.05) is 0 Å². The normalized spacial score (nSPS) is 12.9. The highest BCUT2D eigenvalue weighted by Crippen LogP contribution is 2.31. The summed E-state index contributed by atoms with van der Waals surface area (Å²) < 4.78 is 37.5. The number of para-hydroxylation sites is 1. The van der Waals surface area contributed by atoms with E-state index in [9.17, 15) is 22.7 Å². The van der Waals surface area contributed by atoms with Crippen molar-refractivity contribution < 1.29 is 17.6 Å². The second-order valence-electron chi connectivity index (χ2n) is 4.11. The Hall–Kier alpha value is -1.52. The summed E-state index contributed by atoms with van der Waals surface area (Å²) >= 11 is 0. The number of anilines is 1. The quantitative estimate of drug-likeness (QED) is 0.533. The van der Waals surface area contributed by atoms with Crippen LogP contribution in [0.5, 0.6) is 0 Å². The first-order chi connectivity index (χ1) is 9.79. The lowest BCUT2D eigenvalue weighted by atomic mass is 10.2. The van der Waals surface area contributed by atoms with Crippen molar-refractivity contribution in [2.45, 2.75) is 11.8 Å². The average molecular weight is 335 g/mol. The number of nitrogens with one attached hydrogen (secondary N) is 2. The molecular weight excluding hydrogens is 318 g/mol. The van der Waals surface area contributed by atoms with Gasteiger partial charge >= 0.3 is 5.69 Å². The van der Waals surface area contributed by atoms with Crippen molar-refractivity contribution >= 4 is 32.2 Å². The van der Waals surface area contributed by atoms with Gasteiger partial charge in [-0.05, 0) is 19.1 Å². The molecule has 10 heteroatoms. The van der Waals surface area contributed by atoms with Crippen LogP contribution < -0.4 is 10.0 Å². The van der Waals surface area contributed by atoms with Crippen LogP contribution in [0.1, 0.15) is 6.92 Å². The van der Waals surface area contributed by atoms with Crippen LogP contribution in [0.25, 0.3) is 0 Å². The fourth-order valence-corrected chi connectivity index (χ4v) is 3.40. The Balaban J connectivity index is 3.19. The summed E-state index contributed by atoms with van der Waals surface area (Å²) in [6, 6.07) is 4.05. The third-order valence-electron chi connectivity index (χ3n) is 2.52. The SMILES string of the molecule is CCNc1cccc(S(=O)(=O)NCCS(C)=O)c1[N+](=O)[O-]. The van der Waals surface area contributed by atoms with Gasteiger partial charge in [0.2, 0.25) is 10.0 Å². The van der Waals surface area contributed by atoms with Gasteiger partial charge in [0.05, 0.1) is 4.92 Å². The van der Waals surface area contributed by atoms with E-state index < -0.39 is 36.3 Å². The Kier molecular flexibility index (Phi) is 6.24. The topological polar surface area (TPSA) is 118 Å². The summed E-state index contributed by atoms with van der Waals surface area (Å²) in [6.07, 6.45) is 1.45. The molecule has 21 heavy (non-hydrogen) atoms. The summed E-state index contributed by atoms with van der Waals surface area (Å²) in [5, 5.41) is 13.9. The minimum Gasteiger partial charge on any atom is -0.380 e. The third-order valence-corrected chi connectivity index (χ3v) is 4.79. The Bertz CT molecular complexity index is 645. The van der Waals surface area contributed by atoms with Crippen LogP contribution in [0.4, 0.5) is 11.4 Å². The van der Waals surface area contributed by atoms with Gasteiger partial charge in [-0.3, -0.25) is 14.3 Å². The van der Waals surface area contributed by atoms with Crippen LogP contribution >= 0.6 is 0 Å². The van der Waals surface area contributed by atoms with Gasteiger partial charge in [0.15, 0.2) is 4.90 Å². The lowest BCUT2D eigenvalue weighted by molar-refractivity contribution is -0.386. The average Bonchev–Trinajstić information content (AvgIpc) is 2.37. The molecule has 118 valence electrons. The van der Waals surface area contributed by atoms with E-state index >= 15 is 0 Å². The molecule has 0 bridgehead atoms. The molecule has 0 aliphatic rings. The Morgan fingerprint density at radius 2 is 2.05 bits per heavy atom. The lowest BCUT2D eigenvalue weighted by Crippen LogP contribution is -2.28. The van der Waals surface area contributed by atoms with Gasteiger partial charge in [0, 0.05) is 35.9 Å².